The molecule has 3 amide bonds. The van der Waals surface area contributed by atoms with Crippen LogP contribution in [0.4, 0.5) is 4.79 Å². The second kappa shape index (κ2) is 12.7. The largest absolute Gasteiger partial charge is 0.497 e. The van der Waals surface area contributed by atoms with E-state index in [1.54, 1.807) is 17.0 Å². The van der Waals surface area contributed by atoms with Crippen LogP contribution in [0.25, 0.3) is 0 Å². The van der Waals surface area contributed by atoms with Gasteiger partial charge in [-0.05, 0) is 31.5 Å². The fraction of sp³-hybridized carbons (Fsp3) is 0.464. The Balaban J connectivity index is 1.56. The second-order valence-electron chi connectivity index (χ2n) is 9.36. The number of hydrogen-bond donors (Lipinski definition) is 1. The molecule has 2 heterocycles. The molecule has 1 saturated heterocycles. The summed E-state index contributed by atoms with van der Waals surface area (Å²) >= 11 is 0. The molecule has 0 unspecified atom stereocenters. The van der Waals surface area contributed by atoms with E-state index in [1.807, 2.05) is 62.4 Å². The summed E-state index contributed by atoms with van der Waals surface area (Å²) in [6.45, 7) is 8.53. The van der Waals surface area contributed by atoms with Crippen LogP contribution in [0.5, 0.6) is 5.75 Å². The molecule has 1 N–H and O–H groups in total. The zero-order valence-corrected chi connectivity index (χ0v) is 22.0. The van der Waals surface area contributed by atoms with Gasteiger partial charge in [0.2, 0.25) is 0 Å². The Morgan fingerprint density at radius 3 is 2.62 bits per heavy atom. The van der Waals surface area contributed by atoms with Crippen molar-refractivity contribution in [3.63, 3.8) is 0 Å². The van der Waals surface area contributed by atoms with Crippen molar-refractivity contribution in [3.05, 3.63) is 65.2 Å². The van der Waals surface area contributed by atoms with E-state index in [-0.39, 0.29) is 24.5 Å². The monoisotopic (exact) mass is 507 g/mol. The summed E-state index contributed by atoms with van der Waals surface area (Å²) in [5, 5.41) is 9.19. The number of carbonyl (C=O) groups is 2. The van der Waals surface area contributed by atoms with Gasteiger partial charge in [0, 0.05) is 44.7 Å². The molecule has 1 atom stereocenters. The zero-order valence-electron chi connectivity index (χ0n) is 22.0. The Morgan fingerprint density at radius 2 is 1.92 bits per heavy atom. The van der Waals surface area contributed by atoms with Crippen LogP contribution < -0.4 is 10.1 Å². The highest BCUT2D eigenvalue weighted by molar-refractivity contribution is 6.03. The average molecular weight is 508 g/mol. The van der Waals surface area contributed by atoms with Gasteiger partial charge in [-0.25, -0.2) is 9.80 Å². The van der Waals surface area contributed by atoms with E-state index in [9.17, 15) is 9.59 Å². The minimum atomic E-state index is -0.246. The van der Waals surface area contributed by atoms with Crippen molar-refractivity contribution in [2.24, 2.45) is 5.10 Å². The predicted octanol–water partition coefficient (Wildman–Crippen LogP) is 3.05. The Bertz CT molecular complexity index is 1100. The number of hydrogen-bond acceptors (Lipinski definition) is 6. The SMILES string of the molecule is CCNC(=O)N(CCN1CCOCC1)CC(=O)N1N=C(c2cccc(OC)c2)C[C@@H]1c1ccc(C)cc1. The lowest BCUT2D eigenvalue weighted by atomic mass is 9.97. The molecule has 2 aromatic rings. The van der Waals surface area contributed by atoms with Gasteiger partial charge < -0.3 is 19.7 Å². The van der Waals surface area contributed by atoms with Gasteiger partial charge in [0.25, 0.3) is 5.91 Å². The normalized spacial score (nSPS) is 17.9. The van der Waals surface area contributed by atoms with Gasteiger partial charge in [0.05, 0.1) is 32.1 Å². The minimum absolute atomic E-state index is 0.0482. The van der Waals surface area contributed by atoms with Gasteiger partial charge in [0.15, 0.2) is 0 Å². The molecule has 0 radical (unpaired) electrons. The summed E-state index contributed by atoms with van der Waals surface area (Å²) in [6, 6.07) is 15.4. The van der Waals surface area contributed by atoms with Crippen LogP contribution in [0.3, 0.4) is 0 Å². The number of morpholine rings is 1. The van der Waals surface area contributed by atoms with E-state index in [0.29, 0.717) is 39.3 Å². The van der Waals surface area contributed by atoms with E-state index in [2.05, 4.69) is 10.2 Å². The molecular weight excluding hydrogens is 470 g/mol. The smallest absolute Gasteiger partial charge is 0.317 e. The Labute approximate surface area is 219 Å². The van der Waals surface area contributed by atoms with Crippen molar-refractivity contribution in [3.8, 4) is 5.75 Å². The standard InChI is InChI=1S/C28H37N5O4/c1-4-29-28(35)32(13-12-31-14-16-37-17-15-31)20-27(34)33-26(22-10-8-21(2)9-11-22)19-25(30-33)23-6-5-7-24(18-23)36-3/h5-11,18,26H,4,12-17,19-20H2,1-3H3,(H,29,35)/t26-/m1/s1. The summed E-state index contributed by atoms with van der Waals surface area (Å²) in [5.41, 5.74) is 3.90. The predicted molar refractivity (Wildman–Crippen MR) is 143 cm³/mol. The second-order valence-corrected chi connectivity index (χ2v) is 9.36. The van der Waals surface area contributed by atoms with Crippen molar-refractivity contribution in [2.75, 3.05) is 59.6 Å². The van der Waals surface area contributed by atoms with Gasteiger partial charge >= 0.3 is 6.03 Å². The summed E-state index contributed by atoms with van der Waals surface area (Å²) < 4.78 is 10.8. The third-order valence-corrected chi connectivity index (χ3v) is 6.76. The fourth-order valence-corrected chi connectivity index (χ4v) is 4.60. The molecule has 4 rings (SSSR count). The van der Waals surface area contributed by atoms with E-state index < -0.39 is 0 Å². The first-order valence-corrected chi connectivity index (χ1v) is 12.9. The summed E-state index contributed by atoms with van der Waals surface area (Å²) in [4.78, 5) is 30.4. The Morgan fingerprint density at radius 1 is 1.16 bits per heavy atom. The highest BCUT2D eigenvalue weighted by Gasteiger charge is 2.34. The van der Waals surface area contributed by atoms with Gasteiger partial charge in [0.1, 0.15) is 12.3 Å². The van der Waals surface area contributed by atoms with Gasteiger partial charge in [-0.1, -0.05) is 42.0 Å². The Hall–Kier alpha value is -3.43. The lowest BCUT2D eigenvalue weighted by Crippen LogP contribution is -2.49. The van der Waals surface area contributed by atoms with Gasteiger partial charge in [-0.3, -0.25) is 9.69 Å². The Kier molecular flexibility index (Phi) is 9.14. The molecule has 0 aromatic heterocycles. The molecule has 0 bridgehead atoms. The topological polar surface area (TPSA) is 86.7 Å². The molecule has 1 fully saturated rings. The minimum Gasteiger partial charge on any atom is -0.497 e. The van der Waals surface area contributed by atoms with E-state index in [0.717, 1.165) is 41.2 Å². The van der Waals surface area contributed by atoms with Crippen LogP contribution in [0, 0.1) is 6.92 Å². The number of nitrogens with one attached hydrogen (secondary N) is 1. The first-order chi connectivity index (χ1) is 18.0. The number of aryl methyl sites for hydroxylation is 1. The number of hydrazone groups is 1. The molecule has 2 aliphatic rings. The molecule has 9 heteroatoms. The van der Waals surface area contributed by atoms with Crippen molar-refractivity contribution in [1.29, 1.82) is 0 Å². The molecule has 2 aliphatic heterocycles. The molecule has 0 spiro atoms. The maximum Gasteiger partial charge on any atom is 0.317 e. The van der Waals surface area contributed by atoms with E-state index in [4.69, 9.17) is 14.6 Å². The van der Waals surface area contributed by atoms with Crippen molar-refractivity contribution in [1.82, 2.24) is 20.1 Å². The zero-order chi connectivity index (χ0) is 26.2. The summed E-state index contributed by atoms with van der Waals surface area (Å²) in [5.74, 6) is 0.527. The van der Waals surface area contributed by atoms with Crippen LogP contribution in [-0.4, -0.2) is 92.1 Å². The third-order valence-electron chi connectivity index (χ3n) is 6.76. The lowest BCUT2D eigenvalue weighted by molar-refractivity contribution is -0.133. The van der Waals surface area contributed by atoms with Crippen molar-refractivity contribution >= 4 is 17.6 Å². The molecule has 0 aliphatic carbocycles. The quantitative estimate of drug-likeness (QED) is 0.564. The van der Waals surface area contributed by atoms with Crippen molar-refractivity contribution < 1.29 is 19.1 Å². The fourth-order valence-electron chi connectivity index (χ4n) is 4.60. The number of benzene rings is 2. The van der Waals surface area contributed by atoms with E-state index >= 15 is 0 Å². The molecule has 0 saturated carbocycles. The number of amides is 3. The van der Waals surface area contributed by atoms with Crippen LogP contribution in [0.15, 0.2) is 53.6 Å². The highest BCUT2D eigenvalue weighted by atomic mass is 16.5. The first-order valence-electron chi connectivity index (χ1n) is 12.9. The van der Waals surface area contributed by atoms with Crippen LogP contribution >= 0.6 is 0 Å². The molecule has 9 nitrogen and oxygen atoms in total. The van der Waals surface area contributed by atoms with Crippen LogP contribution in [0.2, 0.25) is 0 Å². The van der Waals surface area contributed by atoms with Crippen LogP contribution in [-0.2, 0) is 9.53 Å². The number of urea groups is 1. The number of rotatable bonds is 9. The number of ether oxygens (including phenoxy) is 2. The summed E-state index contributed by atoms with van der Waals surface area (Å²) in [6.07, 6.45) is 0.580. The highest BCUT2D eigenvalue weighted by Crippen LogP contribution is 2.33. The molecular formula is C28H37N5O4. The molecule has 198 valence electrons. The number of carbonyl (C=O) groups excluding carboxylic acids is 2. The first kappa shape index (κ1) is 26.6. The van der Waals surface area contributed by atoms with Crippen LogP contribution in [0.1, 0.15) is 36.1 Å². The van der Waals surface area contributed by atoms with Crippen molar-refractivity contribution in [2.45, 2.75) is 26.3 Å². The maximum absolute atomic E-state index is 13.7. The number of methoxy groups -OCH3 is 1. The third kappa shape index (κ3) is 6.87. The molecule has 2 aromatic carbocycles. The van der Waals surface area contributed by atoms with E-state index in [1.165, 1.54) is 0 Å². The molecule has 37 heavy (non-hydrogen) atoms. The number of nitrogens with zero attached hydrogens (tertiary/aromatic N) is 4. The summed E-state index contributed by atoms with van der Waals surface area (Å²) in [7, 11) is 1.63. The van der Waals surface area contributed by atoms with Gasteiger partial charge in [-0.2, -0.15) is 5.10 Å². The maximum atomic E-state index is 13.7. The lowest BCUT2D eigenvalue weighted by Gasteiger charge is -2.31. The van der Waals surface area contributed by atoms with Gasteiger partial charge in [-0.15, -0.1) is 0 Å². The average Bonchev–Trinajstić information content (AvgIpc) is 3.38.